The molecule has 6 nitrogen and oxygen atoms in total. The highest BCUT2D eigenvalue weighted by molar-refractivity contribution is 6.07. The summed E-state index contributed by atoms with van der Waals surface area (Å²) in [7, 11) is 0. The maximum atomic E-state index is 12.7. The van der Waals surface area contributed by atoms with Crippen LogP contribution in [0.2, 0.25) is 0 Å². The first-order valence-electron chi connectivity index (χ1n) is 8.06. The van der Waals surface area contributed by atoms with Gasteiger partial charge in [0, 0.05) is 22.9 Å². The predicted octanol–water partition coefficient (Wildman–Crippen LogP) is 4.51. The van der Waals surface area contributed by atoms with Gasteiger partial charge in [-0.2, -0.15) is 13.2 Å². The summed E-state index contributed by atoms with van der Waals surface area (Å²) in [4.78, 5) is 24.4. The maximum absolute atomic E-state index is 12.7. The molecule has 1 aromatic heterocycles. The zero-order valence-electron chi connectivity index (χ0n) is 14.5. The van der Waals surface area contributed by atoms with E-state index < -0.39 is 23.6 Å². The second kappa shape index (κ2) is 7.55. The summed E-state index contributed by atoms with van der Waals surface area (Å²) >= 11 is 0. The van der Waals surface area contributed by atoms with Crippen LogP contribution in [0.5, 0.6) is 0 Å². The summed E-state index contributed by atoms with van der Waals surface area (Å²) in [6.45, 7) is 1.68. The van der Waals surface area contributed by atoms with E-state index in [9.17, 15) is 22.8 Å². The standard InChI is InChI=1S/C19H14F3N3O3/c1-11-9-16(25-28-11)24-18(27)13-7-5-12(6-8-13)17(26)23-15-4-2-3-14(10-15)19(20,21)22/h2-10H,1H3,(H,23,26)(H,24,25,27). The Morgan fingerprint density at radius 1 is 0.929 bits per heavy atom. The third-order valence-electron chi connectivity index (χ3n) is 3.73. The molecule has 0 saturated heterocycles. The largest absolute Gasteiger partial charge is 0.416 e. The monoisotopic (exact) mass is 389 g/mol. The number of nitrogens with zero attached hydrogens (tertiary/aromatic N) is 1. The third kappa shape index (κ3) is 4.56. The summed E-state index contributed by atoms with van der Waals surface area (Å²) in [6, 6.07) is 11.5. The number of alkyl halides is 3. The van der Waals surface area contributed by atoms with Crippen molar-refractivity contribution in [3.05, 3.63) is 77.0 Å². The van der Waals surface area contributed by atoms with E-state index in [1.165, 1.54) is 36.4 Å². The Hall–Kier alpha value is -3.62. The minimum atomic E-state index is -4.50. The van der Waals surface area contributed by atoms with Gasteiger partial charge in [-0.05, 0) is 49.4 Å². The van der Waals surface area contributed by atoms with Gasteiger partial charge < -0.3 is 15.2 Å². The summed E-state index contributed by atoms with van der Waals surface area (Å²) in [5, 5.41) is 8.58. The topological polar surface area (TPSA) is 84.2 Å². The van der Waals surface area contributed by atoms with E-state index >= 15 is 0 Å². The molecule has 0 spiro atoms. The lowest BCUT2D eigenvalue weighted by atomic mass is 10.1. The predicted molar refractivity (Wildman–Crippen MR) is 95.0 cm³/mol. The zero-order chi connectivity index (χ0) is 20.3. The fourth-order valence-electron chi connectivity index (χ4n) is 2.36. The molecule has 0 saturated carbocycles. The first kappa shape index (κ1) is 19.2. The number of halogens is 3. The second-order valence-electron chi connectivity index (χ2n) is 5.89. The van der Waals surface area contributed by atoms with Crippen molar-refractivity contribution in [1.29, 1.82) is 0 Å². The number of anilines is 2. The molecule has 0 fully saturated rings. The van der Waals surface area contributed by atoms with E-state index in [0.29, 0.717) is 5.76 Å². The number of aryl methyl sites for hydroxylation is 1. The molecular formula is C19H14F3N3O3. The molecular weight excluding hydrogens is 375 g/mol. The van der Waals surface area contributed by atoms with E-state index in [-0.39, 0.29) is 22.6 Å². The quantitative estimate of drug-likeness (QED) is 0.688. The third-order valence-corrected chi connectivity index (χ3v) is 3.73. The van der Waals surface area contributed by atoms with Crippen molar-refractivity contribution in [3.63, 3.8) is 0 Å². The molecule has 3 rings (SSSR count). The molecule has 3 aromatic rings. The molecule has 2 amide bonds. The van der Waals surface area contributed by atoms with Gasteiger partial charge in [-0.3, -0.25) is 9.59 Å². The lowest BCUT2D eigenvalue weighted by molar-refractivity contribution is -0.137. The fraction of sp³-hybridized carbons (Fsp3) is 0.105. The number of hydrogen-bond acceptors (Lipinski definition) is 4. The molecule has 0 aliphatic rings. The van der Waals surface area contributed by atoms with Crippen LogP contribution in [0.3, 0.4) is 0 Å². The molecule has 0 unspecified atom stereocenters. The van der Waals surface area contributed by atoms with E-state index in [0.717, 1.165) is 12.1 Å². The van der Waals surface area contributed by atoms with E-state index in [1.807, 2.05) is 0 Å². The molecule has 0 aliphatic heterocycles. The number of aromatic nitrogens is 1. The average Bonchev–Trinajstić information content (AvgIpc) is 3.06. The van der Waals surface area contributed by atoms with Gasteiger partial charge in [-0.15, -0.1) is 0 Å². The van der Waals surface area contributed by atoms with Crippen LogP contribution in [0.4, 0.5) is 24.7 Å². The van der Waals surface area contributed by atoms with Crippen molar-refractivity contribution in [1.82, 2.24) is 5.16 Å². The minimum absolute atomic E-state index is 0.0167. The van der Waals surface area contributed by atoms with Crippen LogP contribution < -0.4 is 10.6 Å². The number of amides is 2. The Morgan fingerprint density at radius 3 is 2.07 bits per heavy atom. The Labute approximate surface area is 157 Å². The molecule has 0 atom stereocenters. The van der Waals surface area contributed by atoms with Crippen molar-refractivity contribution in [2.45, 2.75) is 13.1 Å². The zero-order valence-corrected chi connectivity index (χ0v) is 14.5. The molecule has 9 heteroatoms. The number of carbonyl (C=O) groups excluding carboxylic acids is 2. The summed E-state index contributed by atoms with van der Waals surface area (Å²) in [5.74, 6) is -0.248. The molecule has 1 heterocycles. The highest BCUT2D eigenvalue weighted by atomic mass is 19.4. The Bertz CT molecular complexity index is 1010. The summed E-state index contributed by atoms with van der Waals surface area (Å²) in [6.07, 6.45) is -4.50. The lowest BCUT2D eigenvalue weighted by Crippen LogP contribution is -2.15. The molecule has 144 valence electrons. The maximum Gasteiger partial charge on any atom is 0.416 e. The van der Waals surface area contributed by atoms with E-state index in [4.69, 9.17) is 4.52 Å². The van der Waals surface area contributed by atoms with Crippen LogP contribution >= 0.6 is 0 Å². The Kier molecular flexibility index (Phi) is 5.16. The molecule has 28 heavy (non-hydrogen) atoms. The van der Waals surface area contributed by atoms with Gasteiger partial charge in [-0.1, -0.05) is 11.2 Å². The van der Waals surface area contributed by atoms with Gasteiger partial charge in [0.2, 0.25) is 0 Å². The Morgan fingerprint density at radius 2 is 1.54 bits per heavy atom. The summed E-state index contributed by atoms with van der Waals surface area (Å²) < 4.78 is 43.1. The van der Waals surface area contributed by atoms with Crippen molar-refractivity contribution < 1.29 is 27.3 Å². The van der Waals surface area contributed by atoms with Gasteiger partial charge in [0.05, 0.1) is 5.56 Å². The Balaban J connectivity index is 1.67. The number of hydrogen-bond donors (Lipinski definition) is 2. The second-order valence-corrected chi connectivity index (χ2v) is 5.89. The number of nitrogens with one attached hydrogen (secondary N) is 2. The number of benzene rings is 2. The van der Waals surface area contributed by atoms with Crippen molar-refractivity contribution in [2.24, 2.45) is 0 Å². The molecule has 2 aromatic carbocycles. The number of carbonyl (C=O) groups is 2. The van der Waals surface area contributed by atoms with Crippen LogP contribution in [0, 0.1) is 6.92 Å². The first-order valence-corrected chi connectivity index (χ1v) is 8.06. The highest BCUT2D eigenvalue weighted by Gasteiger charge is 2.30. The SMILES string of the molecule is Cc1cc(NC(=O)c2ccc(C(=O)Nc3cccc(C(F)(F)F)c3)cc2)no1. The van der Waals surface area contributed by atoms with Crippen LogP contribution in [-0.2, 0) is 6.18 Å². The fourth-order valence-corrected chi connectivity index (χ4v) is 2.36. The average molecular weight is 389 g/mol. The van der Waals surface area contributed by atoms with Gasteiger partial charge in [0.1, 0.15) is 5.76 Å². The highest BCUT2D eigenvalue weighted by Crippen LogP contribution is 2.30. The molecule has 2 N–H and O–H groups in total. The van der Waals surface area contributed by atoms with Crippen molar-refractivity contribution in [3.8, 4) is 0 Å². The minimum Gasteiger partial charge on any atom is -0.360 e. The lowest BCUT2D eigenvalue weighted by Gasteiger charge is -2.10. The van der Waals surface area contributed by atoms with E-state index in [2.05, 4.69) is 15.8 Å². The van der Waals surface area contributed by atoms with Gasteiger partial charge in [0.25, 0.3) is 11.8 Å². The van der Waals surface area contributed by atoms with Crippen LogP contribution in [0.25, 0.3) is 0 Å². The first-order chi connectivity index (χ1) is 13.2. The summed E-state index contributed by atoms with van der Waals surface area (Å²) in [5.41, 5.74) is -0.383. The van der Waals surface area contributed by atoms with Gasteiger partial charge in [-0.25, -0.2) is 0 Å². The van der Waals surface area contributed by atoms with Crippen LogP contribution in [0.15, 0.2) is 59.1 Å². The van der Waals surface area contributed by atoms with Gasteiger partial charge >= 0.3 is 6.18 Å². The molecule has 0 bridgehead atoms. The number of rotatable bonds is 4. The normalized spacial score (nSPS) is 11.1. The van der Waals surface area contributed by atoms with Gasteiger partial charge in [0.15, 0.2) is 5.82 Å². The molecule has 0 radical (unpaired) electrons. The van der Waals surface area contributed by atoms with E-state index in [1.54, 1.807) is 13.0 Å². The molecule has 0 aliphatic carbocycles. The van der Waals surface area contributed by atoms with Crippen molar-refractivity contribution >= 4 is 23.3 Å². The van der Waals surface area contributed by atoms with Crippen LogP contribution in [-0.4, -0.2) is 17.0 Å². The smallest absolute Gasteiger partial charge is 0.360 e. The van der Waals surface area contributed by atoms with Crippen LogP contribution in [0.1, 0.15) is 32.0 Å². The van der Waals surface area contributed by atoms with Crippen molar-refractivity contribution in [2.75, 3.05) is 10.6 Å².